The number of hydrogen-bond acceptors (Lipinski definition) is 9. The molecule has 0 aromatic heterocycles. The van der Waals surface area contributed by atoms with E-state index in [9.17, 15) is 23.8 Å². The Hall–Kier alpha value is -1.52. The molecule has 0 fully saturated rings. The molecule has 0 aliphatic carbocycles. The van der Waals surface area contributed by atoms with E-state index in [4.69, 9.17) is 24.8 Å². The van der Waals surface area contributed by atoms with E-state index in [1.54, 1.807) is 0 Å². The molecule has 0 aromatic rings. The van der Waals surface area contributed by atoms with Crippen molar-refractivity contribution in [3.8, 4) is 0 Å². The van der Waals surface area contributed by atoms with E-state index in [2.05, 4.69) is 11.4 Å². The van der Waals surface area contributed by atoms with E-state index in [-0.39, 0.29) is 13.0 Å². The minimum atomic E-state index is -4.66. The van der Waals surface area contributed by atoms with E-state index in [0.717, 1.165) is 19.3 Å². The Labute approximate surface area is 234 Å². The quantitative estimate of drug-likeness (QED) is 0.0621. The fourth-order valence-electron chi connectivity index (χ4n) is 3.85. The Morgan fingerprint density at radius 2 is 1.18 bits per heavy atom. The maximum atomic E-state index is 12.2. The smallest absolute Gasteiger partial charge is 0.472 e. The van der Waals surface area contributed by atoms with E-state index in [1.165, 1.54) is 84.0 Å². The number of ether oxygens (including phenoxy) is 2. The molecule has 11 nitrogen and oxygen atoms in total. The minimum absolute atomic E-state index is 0.162. The van der Waals surface area contributed by atoms with Crippen LogP contribution in [0.3, 0.4) is 0 Å². The third-order valence-electron chi connectivity index (χ3n) is 6.16. The van der Waals surface area contributed by atoms with Crippen LogP contribution < -0.4 is 5.73 Å². The number of esters is 2. The van der Waals surface area contributed by atoms with Gasteiger partial charge in [-0.3, -0.25) is 23.4 Å². The van der Waals surface area contributed by atoms with E-state index in [0.29, 0.717) is 6.42 Å². The molecule has 0 bridgehead atoms. The monoisotopic (exact) mass is 581 g/mol. The lowest BCUT2D eigenvalue weighted by Crippen LogP contribution is -2.34. The van der Waals surface area contributed by atoms with Crippen molar-refractivity contribution in [1.82, 2.24) is 0 Å². The molecule has 0 aliphatic rings. The summed E-state index contributed by atoms with van der Waals surface area (Å²) < 4.78 is 31.3. The fraction of sp³-hybridized carbons (Fsp3) is 0.889. The summed E-state index contributed by atoms with van der Waals surface area (Å²) in [4.78, 5) is 43.7. The number of nitrogens with two attached hydrogens (primary N) is 1. The van der Waals surface area contributed by atoms with Crippen LogP contribution in [0.2, 0.25) is 0 Å². The van der Waals surface area contributed by atoms with Gasteiger partial charge < -0.3 is 25.2 Å². The highest BCUT2D eigenvalue weighted by Gasteiger charge is 2.27. The van der Waals surface area contributed by atoms with Crippen molar-refractivity contribution in [3.63, 3.8) is 0 Å². The summed E-state index contributed by atoms with van der Waals surface area (Å²) in [6.07, 6.45) is 18.6. The fourth-order valence-corrected chi connectivity index (χ4v) is 4.63. The van der Waals surface area contributed by atoms with Crippen LogP contribution in [0.4, 0.5) is 0 Å². The summed E-state index contributed by atoms with van der Waals surface area (Å²) in [5.41, 5.74) is 5.22. The van der Waals surface area contributed by atoms with Crippen LogP contribution in [0, 0.1) is 0 Å². The molecule has 3 atom stereocenters. The predicted molar refractivity (Wildman–Crippen MR) is 148 cm³/mol. The van der Waals surface area contributed by atoms with Crippen molar-refractivity contribution in [3.05, 3.63) is 0 Å². The number of carbonyl (C=O) groups is 3. The zero-order valence-electron chi connectivity index (χ0n) is 24.0. The summed E-state index contributed by atoms with van der Waals surface area (Å²) in [5, 5.41) is 8.71. The molecule has 12 heteroatoms. The van der Waals surface area contributed by atoms with Crippen LogP contribution in [0.5, 0.6) is 0 Å². The summed E-state index contributed by atoms with van der Waals surface area (Å²) in [5.74, 6) is -2.57. The second-order valence-electron chi connectivity index (χ2n) is 9.97. The van der Waals surface area contributed by atoms with E-state index >= 15 is 0 Å². The van der Waals surface area contributed by atoms with Crippen molar-refractivity contribution in [2.45, 2.75) is 135 Å². The van der Waals surface area contributed by atoms with Crippen molar-refractivity contribution in [1.29, 1.82) is 0 Å². The first-order chi connectivity index (χ1) is 18.6. The number of carboxylic acid groups (broad SMARTS) is 1. The summed E-state index contributed by atoms with van der Waals surface area (Å²) >= 11 is 0. The molecule has 0 heterocycles. The first-order valence-electron chi connectivity index (χ1n) is 14.5. The Balaban J connectivity index is 3.98. The van der Waals surface area contributed by atoms with Gasteiger partial charge in [-0.2, -0.15) is 0 Å². The van der Waals surface area contributed by atoms with Crippen molar-refractivity contribution in [2.24, 2.45) is 5.73 Å². The number of phosphoric acid groups is 1. The van der Waals surface area contributed by atoms with Gasteiger partial charge in [-0.1, -0.05) is 103 Å². The zero-order chi connectivity index (χ0) is 29.4. The van der Waals surface area contributed by atoms with Gasteiger partial charge in [0.25, 0.3) is 0 Å². The number of carboxylic acids is 1. The van der Waals surface area contributed by atoms with Gasteiger partial charge in [-0.15, -0.1) is 0 Å². The molecule has 39 heavy (non-hydrogen) atoms. The normalized spacial score (nSPS) is 14.4. The van der Waals surface area contributed by atoms with Gasteiger partial charge in [-0.05, 0) is 6.42 Å². The lowest BCUT2D eigenvalue weighted by molar-refractivity contribution is -0.160. The lowest BCUT2D eigenvalue weighted by atomic mass is 10.0. The predicted octanol–water partition coefficient (Wildman–Crippen LogP) is 5.66. The SMILES string of the molecule is CCCCCCCCCCCCCCCCCCC(=O)OC(COC(C)=O)COP(=O)(O)OCC(N)C(=O)O. The van der Waals surface area contributed by atoms with Gasteiger partial charge >= 0.3 is 25.7 Å². The molecule has 230 valence electrons. The topological polar surface area (TPSA) is 172 Å². The summed E-state index contributed by atoms with van der Waals surface area (Å²) in [6.45, 7) is 1.71. The standard InChI is InChI=1S/C27H52NO10P/c1-3-4-5-6-7-8-9-10-11-12-13-14-15-16-17-18-19-26(30)38-24(20-35-23(2)29)21-36-39(33,34)37-22-25(28)27(31)32/h24-25H,3-22,28H2,1-2H3,(H,31,32)(H,33,34). The maximum Gasteiger partial charge on any atom is 0.472 e. The van der Waals surface area contributed by atoms with Gasteiger partial charge in [0.2, 0.25) is 0 Å². The van der Waals surface area contributed by atoms with Crippen LogP contribution in [0.1, 0.15) is 123 Å². The molecule has 0 aromatic carbocycles. The maximum absolute atomic E-state index is 12.2. The number of phosphoric ester groups is 1. The second kappa shape index (κ2) is 24.3. The number of rotatable bonds is 27. The number of carbonyl (C=O) groups excluding carboxylic acids is 2. The second-order valence-corrected chi connectivity index (χ2v) is 11.4. The van der Waals surface area contributed by atoms with Crippen LogP contribution in [0.25, 0.3) is 0 Å². The molecule has 0 radical (unpaired) electrons. The Kier molecular flexibility index (Phi) is 23.3. The first-order valence-corrected chi connectivity index (χ1v) is 16.0. The Morgan fingerprint density at radius 1 is 0.744 bits per heavy atom. The van der Waals surface area contributed by atoms with Crippen LogP contribution in [-0.2, 0) is 37.5 Å². The van der Waals surface area contributed by atoms with E-state index < -0.39 is 51.1 Å². The molecular formula is C27H52NO10P. The number of aliphatic carboxylic acids is 1. The minimum Gasteiger partial charge on any atom is -0.480 e. The number of hydrogen-bond donors (Lipinski definition) is 3. The summed E-state index contributed by atoms with van der Waals surface area (Å²) in [7, 11) is -4.66. The van der Waals surface area contributed by atoms with Gasteiger partial charge in [0.1, 0.15) is 12.6 Å². The zero-order valence-corrected chi connectivity index (χ0v) is 24.9. The van der Waals surface area contributed by atoms with Gasteiger partial charge in [0.05, 0.1) is 13.2 Å². The molecule has 3 unspecified atom stereocenters. The molecule has 4 N–H and O–H groups in total. The van der Waals surface area contributed by atoms with Crippen molar-refractivity contribution >= 4 is 25.7 Å². The van der Waals surface area contributed by atoms with Crippen molar-refractivity contribution < 1.29 is 47.5 Å². The molecule has 0 amide bonds. The highest BCUT2D eigenvalue weighted by Crippen LogP contribution is 2.43. The van der Waals surface area contributed by atoms with Crippen LogP contribution in [-0.4, -0.2) is 59.9 Å². The molecule has 0 spiro atoms. The highest BCUT2D eigenvalue weighted by molar-refractivity contribution is 7.47. The van der Waals surface area contributed by atoms with Gasteiger partial charge in [-0.25, -0.2) is 4.57 Å². The van der Waals surface area contributed by atoms with Crippen molar-refractivity contribution in [2.75, 3.05) is 19.8 Å². The average molecular weight is 582 g/mol. The number of unbranched alkanes of at least 4 members (excludes halogenated alkanes) is 15. The lowest BCUT2D eigenvalue weighted by Gasteiger charge is -2.20. The molecule has 0 rings (SSSR count). The largest absolute Gasteiger partial charge is 0.480 e. The molecular weight excluding hydrogens is 529 g/mol. The molecule has 0 saturated carbocycles. The first kappa shape index (κ1) is 37.5. The third kappa shape index (κ3) is 25.2. The van der Waals surface area contributed by atoms with Crippen LogP contribution >= 0.6 is 7.82 Å². The molecule has 0 aliphatic heterocycles. The molecule has 0 saturated heterocycles. The Bertz CT molecular complexity index is 706. The van der Waals surface area contributed by atoms with E-state index in [1.807, 2.05) is 0 Å². The van der Waals surface area contributed by atoms with Crippen LogP contribution in [0.15, 0.2) is 0 Å². The summed E-state index contributed by atoms with van der Waals surface area (Å²) in [6, 6.07) is -1.51. The van der Waals surface area contributed by atoms with Gasteiger partial charge in [0.15, 0.2) is 6.10 Å². The average Bonchev–Trinajstić information content (AvgIpc) is 2.88. The highest BCUT2D eigenvalue weighted by atomic mass is 31.2. The third-order valence-corrected chi connectivity index (χ3v) is 7.11. The Morgan fingerprint density at radius 3 is 1.62 bits per heavy atom. The van der Waals surface area contributed by atoms with Gasteiger partial charge in [0, 0.05) is 13.3 Å².